The van der Waals surface area contributed by atoms with Crippen molar-refractivity contribution in [3.05, 3.63) is 65.7 Å². The van der Waals surface area contributed by atoms with E-state index in [1.807, 2.05) is 24.3 Å². The molecular weight excluding hydrogens is 344 g/mol. The highest BCUT2D eigenvalue weighted by Crippen LogP contribution is 2.26. The number of aromatic hydroxyl groups is 1. The second-order valence-electron chi connectivity index (χ2n) is 5.92. The minimum atomic E-state index is -0.495. The minimum absolute atomic E-state index is 0.0962. The first-order valence-electron chi connectivity index (χ1n) is 8.32. The Bertz CT molecular complexity index is 1030. The SMILES string of the molecule is COc1ccc(C(C)=NNC(=O)c2cc3ccccc3cc2O)c(OC)c1. The Morgan fingerprint density at radius 1 is 0.963 bits per heavy atom. The van der Waals surface area contributed by atoms with Gasteiger partial charge >= 0.3 is 0 Å². The van der Waals surface area contributed by atoms with E-state index in [1.165, 1.54) is 0 Å². The number of amides is 1. The van der Waals surface area contributed by atoms with Crippen molar-refractivity contribution in [1.82, 2.24) is 5.43 Å². The molecule has 0 saturated carbocycles. The minimum Gasteiger partial charge on any atom is -0.507 e. The van der Waals surface area contributed by atoms with Crippen LogP contribution in [0.1, 0.15) is 22.8 Å². The predicted molar refractivity (Wildman–Crippen MR) is 105 cm³/mol. The van der Waals surface area contributed by atoms with Crippen LogP contribution >= 0.6 is 0 Å². The van der Waals surface area contributed by atoms with Gasteiger partial charge in [0.05, 0.1) is 25.5 Å². The summed E-state index contributed by atoms with van der Waals surface area (Å²) < 4.78 is 10.5. The first-order chi connectivity index (χ1) is 13.0. The number of nitrogens with one attached hydrogen (secondary N) is 1. The summed E-state index contributed by atoms with van der Waals surface area (Å²) in [7, 11) is 3.13. The average molecular weight is 364 g/mol. The van der Waals surface area contributed by atoms with Crippen molar-refractivity contribution in [1.29, 1.82) is 0 Å². The highest BCUT2D eigenvalue weighted by molar-refractivity contribution is 6.04. The maximum Gasteiger partial charge on any atom is 0.275 e. The van der Waals surface area contributed by atoms with E-state index in [-0.39, 0.29) is 11.3 Å². The summed E-state index contributed by atoms with van der Waals surface area (Å²) in [4.78, 5) is 12.5. The smallest absolute Gasteiger partial charge is 0.275 e. The molecule has 0 saturated heterocycles. The summed E-state index contributed by atoms with van der Waals surface area (Å²) in [5, 5.41) is 16.0. The molecule has 1 amide bonds. The Morgan fingerprint density at radius 2 is 1.67 bits per heavy atom. The van der Waals surface area contributed by atoms with Crippen molar-refractivity contribution in [3.63, 3.8) is 0 Å². The number of carbonyl (C=O) groups is 1. The lowest BCUT2D eigenvalue weighted by molar-refractivity contribution is 0.0952. The van der Waals surface area contributed by atoms with Gasteiger partial charge in [-0.25, -0.2) is 5.43 Å². The molecule has 27 heavy (non-hydrogen) atoms. The van der Waals surface area contributed by atoms with Crippen molar-refractivity contribution < 1.29 is 19.4 Å². The van der Waals surface area contributed by atoms with Crippen LogP contribution in [-0.2, 0) is 0 Å². The Kier molecular flexibility index (Phi) is 5.26. The maximum atomic E-state index is 12.5. The molecule has 0 spiro atoms. The summed E-state index contributed by atoms with van der Waals surface area (Å²) in [6.07, 6.45) is 0. The molecule has 0 fully saturated rings. The van der Waals surface area contributed by atoms with Crippen molar-refractivity contribution >= 4 is 22.4 Å². The predicted octanol–water partition coefficient (Wildman–Crippen LogP) is 3.72. The lowest BCUT2D eigenvalue weighted by Crippen LogP contribution is -2.19. The third-order valence-corrected chi connectivity index (χ3v) is 4.23. The van der Waals surface area contributed by atoms with E-state index in [0.29, 0.717) is 17.2 Å². The summed E-state index contributed by atoms with van der Waals surface area (Å²) in [5.74, 6) is 0.651. The van der Waals surface area contributed by atoms with Crippen LogP contribution in [0.4, 0.5) is 0 Å². The summed E-state index contributed by atoms with van der Waals surface area (Å²) >= 11 is 0. The van der Waals surface area contributed by atoms with Crippen LogP contribution in [-0.4, -0.2) is 30.9 Å². The second kappa shape index (κ2) is 7.78. The normalized spacial score (nSPS) is 11.3. The number of hydrogen-bond donors (Lipinski definition) is 2. The fourth-order valence-corrected chi connectivity index (χ4v) is 2.76. The number of fused-ring (bicyclic) bond motifs is 1. The van der Waals surface area contributed by atoms with Gasteiger partial charge in [-0.05, 0) is 42.0 Å². The molecule has 3 aromatic carbocycles. The van der Waals surface area contributed by atoms with E-state index in [1.54, 1.807) is 51.5 Å². The average Bonchev–Trinajstić information content (AvgIpc) is 2.70. The molecule has 138 valence electrons. The number of rotatable bonds is 5. The van der Waals surface area contributed by atoms with Crippen LogP contribution in [0, 0.1) is 0 Å². The van der Waals surface area contributed by atoms with Gasteiger partial charge in [0.25, 0.3) is 5.91 Å². The highest BCUT2D eigenvalue weighted by Gasteiger charge is 2.13. The van der Waals surface area contributed by atoms with Crippen LogP contribution in [0.3, 0.4) is 0 Å². The molecule has 0 aliphatic carbocycles. The molecule has 6 nitrogen and oxygen atoms in total. The summed E-state index contributed by atoms with van der Waals surface area (Å²) in [6, 6.07) is 16.0. The Hall–Kier alpha value is -3.54. The van der Waals surface area contributed by atoms with Crippen LogP contribution in [0.2, 0.25) is 0 Å². The van der Waals surface area contributed by atoms with Crippen LogP contribution in [0.15, 0.2) is 59.7 Å². The number of ether oxygens (including phenoxy) is 2. The topological polar surface area (TPSA) is 80.2 Å². The number of methoxy groups -OCH3 is 2. The van der Waals surface area contributed by atoms with Crippen LogP contribution < -0.4 is 14.9 Å². The molecule has 0 atom stereocenters. The van der Waals surface area contributed by atoms with Gasteiger partial charge in [0.1, 0.15) is 17.2 Å². The zero-order valence-corrected chi connectivity index (χ0v) is 15.3. The lowest BCUT2D eigenvalue weighted by atomic mass is 10.1. The number of hydrazone groups is 1. The molecule has 0 bridgehead atoms. The molecule has 0 radical (unpaired) electrons. The number of nitrogens with zero attached hydrogens (tertiary/aromatic N) is 1. The molecule has 2 N–H and O–H groups in total. The second-order valence-corrected chi connectivity index (χ2v) is 5.92. The number of carbonyl (C=O) groups excluding carboxylic acids is 1. The van der Waals surface area contributed by atoms with E-state index >= 15 is 0 Å². The van der Waals surface area contributed by atoms with Gasteiger partial charge in [0.15, 0.2) is 0 Å². The van der Waals surface area contributed by atoms with Gasteiger partial charge in [-0.15, -0.1) is 0 Å². The van der Waals surface area contributed by atoms with Gasteiger partial charge in [-0.3, -0.25) is 4.79 Å². The Balaban J connectivity index is 1.85. The third kappa shape index (κ3) is 3.84. The quantitative estimate of drug-likeness (QED) is 0.534. The number of benzene rings is 3. The van der Waals surface area contributed by atoms with Gasteiger partial charge in [0, 0.05) is 11.6 Å². The van der Waals surface area contributed by atoms with Crippen LogP contribution in [0.5, 0.6) is 17.2 Å². The monoisotopic (exact) mass is 364 g/mol. The van der Waals surface area contributed by atoms with Crippen molar-refractivity contribution in [2.45, 2.75) is 6.92 Å². The molecule has 0 unspecified atom stereocenters. The van der Waals surface area contributed by atoms with E-state index < -0.39 is 5.91 Å². The van der Waals surface area contributed by atoms with Gasteiger partial charge in [-0.2, -0.15) is 5.10 Å². The van der Waals surface area contributed by atoms with Crippen molar-refractivity contribution in [2.75, 3.05) is 14.2 Å². The van der Waals surface area contributed by atoms with Crippen LogP contribution in [0.25, 0.3) is 10.8 Å². The molecule has 3 rings (SSSR count). The number of phenols is 1. The van der Waals surface area contributed by atoms with E-state index in [9.17, 15) is 9.90 Å². The fourth-order valence-electron chi connectivity index (χ4n) is 2.76. The molecule has 0 aromatic heterocycles. The molecule has 0 heterocycles. The van der Waals surface area contributed by atoms with Gasteiger partial charge in [-0.1, -0.05) is 24.3 Å². The zero-order valence-electron chi connectivity index (χ0n) is 15.3. The first-order valence-corrected chi connectivity index (χ1v) is 8.32. The van der Waals surface area contributed by atoms with Gasteiger partial charge < -0.3 is 14.6 Å². The summed E-state index contributed by atoms with van der Waals surface area (Å²) in [5.41, 5.74) is 3.93. The number of hydrogen-bond acceptors (Lipinski definition) is 5. The highest BCUT2D eigenvalue weighted by atomic mass is 16.5. The van der Waals surface area contributed by atoms with E-state index in [4.69, 9.17) is 9.47 Å². The largest absolute Gasteiger partial charge is 0.507 e. The maximum absolute atomic E-state index is 12.5. The standard InChI is InChI=1S/C21H20N2O4/c1-13(17-9-8-16(26-2)12-20(17)27-3)22-23-21(25)18-10-14-6-4-5-7-15(14)11-19(18)24/h4-12,24H,1-3H3,(H,23,25). The molecular formula is C21H20N2O4. The van der Waals surface area contributed by atoms with E-state index in [0.717, 1.165) is 16.3 Å². The lowest BCUT2D eigenvalue weighted by Gasteiger charge is -2.10. The molecule has 0 aliphatic rings. The fraction of sp³-hybridized carbons (Fsp3) is 0.143. The zero-order chi connectivity index (χ0) is 19.4. The number of phenolic OH excluding ortho intramolecular Hbond substituents is 1. The van der Waals surface area contributed by atoms with Crippen molar-refractivity contribution in [2.24, 2.45) is 5.10 Å². The Labute approximate surface area is 157 Å². The first kappa shape index (κ1) is 18.3. The Morgan fingerprint density at radius 3 is 2.33 bits per heavy atom. The van der Waals surface area contributed by atoms with Crippen molar-refractivity contribution in [3.8, 4) is 17.2 Å². The molecule has 3 aromatic rings. The third-order valence-electron chi connectivity index (χ3n) is 4.23. The molecule has 0 aliphatic heterocycles. The van der Waals surface area contributed by atoms with Gasteiger partial charge in [0.2, 0.25) is 0 Å². The molecule has 6 heteroatoms. The summed E-state index contributed by atoms with van der Waals surface area (Å²) in [6.45, 7) is 1.75. The van der Waals surface area contributed by atoms with E-state index in [2.05, 4.69) is 10.5 Å².